The van der Waals surface area contributed by atoms with Gasteiger partial charge in [-0.15, -0.1) is 0 Å². The molecule has 0 aromatic heterocycles. The molecule has 0 radical (unpaired) electrons. The second kappa shape index (κ2) is 6.55. The van der Waals surface area contributed by atoms with Crippen molar-refractivity contribution in [2.24, 2.45) is 5.92 Å². The lowest BCUT2D eigenvalue weighted by Gasteiger charge is -2.35. The molecule has 1 N–H and O–H groups in total. The molecule has 22 heavy (non-hydrogen) atoms. The molecular weight excluding hydrogens is 291 g/mol. The van der Waals surface area contributed by atoms with E-state index in [1.165, 1.54) is 36.1 Å². The van der Waals surface area contributed by atoms with Gasteiger partial charge in [0.15, 0.2) is 0 Å². The third-order valence-corrected chi connectivity index (χ3v) is 3.71. The highest BCUT2D eigenvalue weighted by atomic mass is 19.1. The van der Waals surface area contributed by atoms with Crippen molar-refractivity contribution in [3.8, 4) is 0 Å². The number of hydrogen-bond donors (Lipinski definition) is 1. The quantitative estimate of drug-likeness (QED) is 0.839. The van der Waals surface area contributed by atoms with E-state index < -0.39 is 23.6 Å². The predicted molar refractivity (Wildman–Crippen MR) is 75.7 cm³/mol. The Hall–Kier alpha value is -2.44. The van der Waals surface area contributed by atoms with Gasteiger partial charge in [0.25, 0.3) is 5.91 Å². The molecule has 1 fully saturated rings. The number of carbonyl (C=O) groups is 3. The maximum atomic E-state index is 12.9. The van der Waals surface area contributed by atoms with Crippen LogP contribution in [0.5, 0.6) is 0 Å². The van der Waals surface area contributed by atoms with Crippen molar-refractivity contribution in [2.75, 3.05) is 26.2 Å². The molecule has 1 saturated heterocycles. The molecule has 1 unspecified atom stereocenters. The Morgan fingerprint density at radius 1 is 1.05 bits per heavy atom. The molecule has 118 valence electrons. The Morgan fingerprint density at radius 2 is 1.55 bits per heavy atom. The smallest absolute Gasteiger partial charge is 0.315 e. The van der Waals surface area contributed by atoms with Crippen molar-refractivity contribution in [1.29, 1.82) is 0 Å². The highest BCUT2D eigenvalue weighted by molar-refractivity contribution is 5.97. The van der Waals surface area contributed by atoms with Crippen LogP contribution in [0, 0.1) is 11.7 Å². The molecule has 1 aromatic carbocycles. The minimum Gasteiger partial charge on any atom is -0.481 e. The Balaban J connectivity index is 1.94. The predicted octanol–water partition coefficient (Wildman–Crippen LogP) is 0.831. The van der Waals surface area contributed by atoms with Crippen molar-refractivity contribution in [3.05, 3.63) is 35.6 Å². The largest absolute Gasteiger partial charge is 0.481 e. The summed E-state index contributed by atoms with van der Waals surface area (Å²) in [6.45, 7) is 2.59. The number of carboxylic acid groups (broad SMARTS) is 1. The summed E-state index contributed by atoms with van der Waals surface area (Å²) in [6.07, 6.45) is 0. The number of halogens is 1. The van der Waals surface area contributed by atoms with Crippen LogP contribution in [0.4, 0.5) is 4.39 Å². The Bertz CT molecular complexity index is 580. The average Bonchev–Trinajstić information content (AvgIpc) is 2.53. The maximum absolute atomic E-state index is 12.9. The van der Waals surface area contributed by atoms with Crippen LogP contribution in [-0.4, -0.2) is 58.9 Å². The zero-order valence-electron chi connectivity index (χ0n) is 12.2. The van der Waals surface area contributed by atoms with Crippen LogP contribution in [0.15, 0.2) is 24.3 Å². The summed E-state index contributed by atoms with van der Waals surface area (Å²) in [6, 6.07) is 5.28. The SMILES string of the molecule is CC(C(=O)O)C(=O)N1CCN(C(=O)c2ccc(F)cc2)CC1. The van der Waals surface area contributed by atoms with Crippen LogP contribution >= 0.6 is 0 Å². The van der Waals surface area contributed by atoms with Crippen molar-refractivity contribution < 1.29 is 23.9 Å². The fourth-order valence-corrected chi connectivity index (χ4v) is 2.28. The number of carbonyl (C=O) groups excluding carboxylic acids is 2. The third kappa shape index (κ3) is 3.41. The summed E-state index contributed by atoms with van der Waals surface area (Å²) in [4.78, 5) is 38.0. The number of carboxylic acids is 1. The van der Waals surface area contributed by atoms with Gasteiger partial charge in [0.1, 0.15) is 11.7 Å². The Kier molecular flexibility index (Phi) is 4.75. The van der Waals surface area contributed by atoms with Crippen LogP contribution in [0.1, 0.15) is 17.3 Å². The topological polar surface area (TPSA) is 77.9 Å². The first kappa shape index (κ1) is 15.9. The highest BCUT2D eigenvalue weighted by Crippen LogP contribution is 2.12. The molecule has 2 rings (SSSR count). The van der Waals surface area contributed by atoms with Gasteiger partial charge in [0, 0.05) is 31.7 Å². The Labute approximate surface area is 127 Å². The number of benzene rings is 1. The molecule has 0 bridgehead atoms. The van der Waals surface area contributed by atoms with E-state index in [1.807, 2.05) is 0 Å². The van der Waals surface area contributed by atoms with E-state index in [0.717, 1.165) is 0 Å². The summed E-state index contributed by atoms with van der Waals surface area (Å²) in [5.41, 5.74) is 0.389. The standard InChI is InChI=1S/C15H17FN2O4/c1-10(15(21)22)13(19)17-6-8-18(9-7-17)14(20)11-2-4-12(16)5-3-11/h2-5,10H,6-9H2,1H3,(H,21,22). The molecular formula is C15H17FN2O4. The number of hydrogen-bond acceptors (Lipinski definition) is 3. The van der Waals surface area contributed by atoms with Gasteiger partial charge in [-0.2, -0.15) is 0 Å². The molecule has 1 aliphatic heterocycles. The number of rotatable bonds is 3. The van der Waals surface area contributed by atoms with Crippen molar-refractivity contribution in [2.45, 2.75) is 6.92 Å². The van der Waals surface area contributed by atoms with Crippen molar-refractivity contribution >= 4 is 17.8 Å². The summed E-state index contributed by atoms with van der Waals surface area (Å²) >= 11 is 0. The van der Waals surface area contributed by atoms with Gasteiger partial charge in [-0.25, -0.2) is 4.39 Å². The number of piperazine rings is 1. The second-order valence-corrected chi connectivity index (χ2v) is 5.18. The lowest BCUT2D eigenvalue weighted by atomic mass is 10.1. The fourth-order valence-electron chi connectivity index (χ4n) is 2.28. The molecule has 1 aliphatic rings. The molecule has 1 atom stereocenters. The van der Waals surface area contributed by atoms with Gasteiger partial charge in [0.2, 0.25) is 5.91 Å². The molecule has 0 spiro atoms. The van der Waals surface area contributed by atoms with E-state index in [4.69, 9.17) is 5.11 Å². The van der Waals surface area contributed by atoms with E-state index in [1.54, 1.807) is 4.90 Å². The number of aliphatic carboxylic acids is 1. The van der Waals surface area contributed by atoms with Crippen LogP contribution < -0.4 is 0 Å². The van der Waals surface area contributed by atoms with E-state index in [-0.39, 0.29) is 5.91 Å². The maximum Gasteiger partial charge on any atom is 0.315 e. The van der Waals surface area contributed by atoms with Gasteiger partial charge < -0.3 is 14.9 Å². The summed E-state index contributed by atoms with van der Waals surface area (Å²) < 4.78 is 12.9. The van der Waals surface area contributed by atoms with Crippen LogP contribution in [0.25, 0.3) is 0 Å². The first-order chi connectivity index (χ1) is 10.4. The minimum atomic E-state index is -1.16. The molecule has 7 heteroatoms. The van der Waals surface area contributed by atoms with E-state index in [0.29, 0.717) is 31.7 Å². The lowest BCUT2D eigenvalue weighted by Crippen LogP contribution is -2.52. The summed E-state index contributed by atoms with van der Waals surface area (Å²) in [5.74, 6) is -3.32. The third-order valence-electron chi connectivity index (χ3n) is 3.71. The van der Waals surface area contributed by atoms with E-state index in [2.05, 4.69) is 0 Å². The van der Waals surface area contributed by atoms with E-state index in [9.17, 15) is 18.8 Å². The van der Waals surface area contributed by atoms with Gasteiger partial charge >= 0.3 is 5.97 Å². The second-order valence-electron chi connectivity index (χ2n) is 5.18. The average molecular weight is 308 g/mol. The van der Waals surface area contributed by atoms with E-state index >= 15 is 0 Å². The fraction of sp³-hybridized carbons (Fsp3) is 0.400. The zero-order valence-corrected chi connectivity index (χ0v) is 12.2. The number of amides is 2. The highest BCUT2D eigenvalue weighted by Gasteiger charge is 2.30. The summed E-state index contributed by atoms with van der Waals surface area (Å²) in [5, 5.41) is 8.85. The van der Waals surface area contributed by atoms with Crippen LogP contribution in [0.3, 0.4) is 0 Å². The molecule has 6 nitrogen and oxygen atoms in total. The molecule has 0 aliphatic carbocycles. The first-order valence-electron chi connectivity index (χ1n) is 6.96. The van der Waals surface area contributed by atoms with Gasteiger partial charge in [0.05, 0.1) is 0 Å². The van der Waals surface area contributed by atoms with Crippen LogP contribution in [0.2, 0.25) is 0 Å². The molecule has 0 saturated carbocycles. The molecule has 1 aromatic rings. The van der Waals surface area contributed by atoms with Gasteiger partial charge in [-0.1, -0.05) is 0 Å². The molecule has 2 amide bonds. The van der Waals surface area contributed by atoms with Crippen LogP contribution in [-0.2, 0) is 9.59 Å². The normalized spacial score (nSPS) is 16.3. The Morgan fingerprint density at radius 3 is 2.05 bits per heavy atom. The van der Waals surface area contributed by atoms with Crippen molar-refractivity contribution in [1.82, 2.24) is 9.80 Å². The monoisotopic (exact) mass is 308 g/mol. The lowest BCUT2D eigenvalue weighted by molar-refractivity contribution is -0.151. The minimum absolute atomic E-state index is 0.224. The first-order valence-corrected chi connectivity index (χ1v) is 6.96. The van der Waals surface area contributed by atoms with Gasteiger partial charge in [-0.3, -0.25) is 14.4 Å². The summed E-state index contributed by atoms with van der Waals surface area (Å²) in [7, 11) is 0. The molecule has 1 heterocycles. The number of nitrogens with zero attached hydrogens (tertiary/aromatic N) is 2. The zero-order chi connectivity index (χ0) is 16.3. The van der Waals surface area contributed by atoms with Gasteiger partial charge in [-0.05, 0) is 31.2 Å². The van der Waals surface area contributed by atoms with Crippen molar-refractivity contribution in [3.63, 3.8) is 0 Å².